The lowest BCUT2D eigenvalue weighted by Crippen LogP contribution is -2.34. The van der Waals surface area contributed by atoms with Gasteiger partial charge < -0.3 is 14.7 Å². The Hall–Kier alpha value is -2.44. The van der Waals surface area contributed by atoms with E-state index in [2.05, 4.69) is 31.2 Å². The number of amides is 1. The molecule has 1 aromatic heterocycles. The number of methoxy groups -OCH3 is 1. The molecule has 0 aliphatic carbocycles. The van der Waals surface area contributed by atoms with E-state index in [0.717, 1.165) is 49.8 Å². The van der Waals surface area contributed by atoms with Crippen LogP contribution in [0.1, 0.15) is 72.0 Å². The Morgan fingerprint density at radius 1 is 1.21 bits per heavy atom. The average Bonchev–Trinajstić information content (AvgIpc) is 3.47. The smallest absolute Gasteiger partial charge is 0.348 e. The topological polar surface area (TPSA) is 66.8 Å². The molecule has 0 bridgehead atoms. The minimum Gasteiger partial charge on any atom is -0.465 e. The van der Waals surface area contributed by atoms with Gasteiger partial charge in [0.25, 0.3) is 0 Å². The molecule has 5 nitrogen and oxygen atoms in total. The molecule has 0 spiro atoms. The first-order valence-corrected chi connectivity index (χ1v) is 13.2. The molecule has 3 atom stereocenters. The molecule has 34 heavy (non-hydrogen) atoms. The largest absolute Gasteiger partial charge is 0.465 e. The predicted octanol–water partition coefficient (Wildman–Crippen LogP) is 5.73. The molecule has 1 aliphatic heterocycles. The van der Waals surface area contributed by atoms with Crippen LogP contribution < -0.4 is 0 Å². The van der Waals surface area contributed by atoms with Crippen molar-refractivity contribution in [3.05, 3.63) is 63.9 Å². The third kappa shape index (κ3) is 7.81. The molecule has 0 radical (unpaired) electrons. The number of carbonyl (C=O) groups is 2. The van der Waals surface area contributed by atoms with Crippen molar-refractivity contribution in [3.8, 4) is 0 Å². The van der Waals surface area contributed by atoms with E-state index < -0.39 is 0 Å². The zero-order valence-corrected chi connectivity index (χ0v) is 21.1. The Bertz CT molecular complexity index is 939. The summed E-state index contributed by atoms with van der Waals surface area (Å²) < 4.78 is 4.75. The van der Waals surface area contributed by atoms with E-state index in [1.807, 2.05) is 29.2 Å². The minimum atomic E-state index is -0.330. The van der Waals surface area contributed by atoms with Crippen molar-refractivity contribution in [3.63, 3.8) is 0 Å². The van der Waals surface area contributed by atoms with Gasteiger partial charge in [-0.05, 0) is 68.2 Å². The summed E-state index contributed by atoms with van der Waals surface area (Å²) in [5.41, 5.74) is 1.37. The van der Waals surface area contributed by atoms with Crippen molar-refractivity contribution in [2.24, 2.45) is 5.92 Å². The second-order valence-corrected chi connectivity index (χ2v) is 10.3. The number of aliphatic hydroxyl groups excluding tert-OH is 1. The number of carbonyl (C=O) groups excluding carboxylic acids is 2. The Morgan fingerprint density at radius 3 is 2.76 bits per heavy atom. The van der Waals surface area contributed by atoms with E-state index in [9.17, 15) is 14.7 Å². The first kappa shape index (κ1) is 26.2. The normalized spacial score (nSPS) is 17.9. The van der Waals surface area contributed by atoms with Crippen LogP contribution in [0.2, 0.25) is 0 Å². The summed E-state index contributed by atoms with van der Waals surface area (Å²) in [6.07, 6.45) is 11.0. The molecule has 1 N–H and O–H groups in total. The van der Waals surface area contributed by atoms with Crippen LogP contribution in [0.4, 0.5) is 0 Å². The molecular formula is C28H37NO4S. The van der Waals surface area contributed by atoms with Gasteiger partial charge in [0, 0.05) is 23.9 Å². The first-order valence-electron chi connectivity index (χ1n) is 12.3. The molecule has 1 fully saturated rings. The highest BCUT2D eigenvalue weighted by Crippen LogP contribution is 2.26. The van der Waals surface area contributed by atoms with Crippen LogP contribution in [0, 0.1) is 5.92 Å². The summed E-state index contributed by atoms with van der Waals surface area (Å²) in [6, 6.07) is 14.4. The minimum absolute atomic E-state index is 0.180. The Morgan fingerprint density at radius 2 is 2.00 bits per heavy atom. The van der Waals surface area contributed by atoms with Gasteiger partial charge in [-0.3, -0.25) is 4.79 Å². The van der Waals surface area contributed by atoms with Crippen molar-refractivity contribution in [2.75, 3.05) is 13.7 Å². The van der Waals surface area contributed by atoms with Gasteiger partial charge in [0.1, 0.15) is 4.88 Å². The van der Waals surface area contributed by atoms with E-state index in [-0.39, 0.29) is 29.9 Å². The van der Waals surface area contributed by atoms with Gasteiger partial charge in [-0.2, -0.15) is 0 Å². The zero-order chi connectivity index (χ0) is 24.3. The van der Waals surface area contributed by atoms with Crippen LogP contribution in [0.3, 0.4) is 0 Å². The molecule has 3 rings (SSSR count). The number of nitrogens with zero attached hydrogens (tertiary/aromatic N) is 1. The van der Waals surface area contributed by atoms with Gasteiger partial charge in [-0.25, -0.2) is 4.79 Å². The molecule has 1 saturated heterocycles. The monoisotopic (exact) mass is 483 g/mol. The average molecular weight is 484 g/mol. The number of ether oxygens (including phenoxy) is 1. The van der Waals surface area contributed by atoms with Crippen molar-refractivity contribution in [2.45, 2.75) is 70.4 Å². The number of benzene rings is 1. The molecule has 6 heteroatoms. The molecule has 0 saturated carbocycles. The van der Waals surface area contributed by atoms with Gasteiger partial charge >= 0.3 is 5.97 Å². The van der Waals surface area contributed by atoms with Crippen molar-refractivity contribution in [1.29, 1.82) is 0 Å². The van der Waals surface area contributed by atoms with Crippen molar-refractivity contribution in [1.82, 2.24) is 4.90 Å². The maximum Gasteiger partial charge on any atom is 0.348 e. The number of likely N-dealkylation sites (tertiary alicyclic amines) is 1. The number of aryl methyl sites for hydroxylation is 1. The number of hydrogen-bond acceptors (Lipinski definition) is 5. The summed E-state index contributed by atoms with van der Waals surface area (Å²) in [5, 5.41) is 10.7. The highest BCUT2D eigenvalue weighted by Gasteiger charge is 2.30. The lowest BCUT2D eigenvalue weighted by Gasteiger charge is -2.26. The first-order chi connectivity index (χ1) is 16.5. The highest BCUT2D eigenvalue weighted by molar-refractivity contribution is 7.14. The third-order valence-electron chi connectivity index (χ3n) is 6.72. The Balaban J connectivity index is 1.39. The fraction of sp³-hybridized carbons (Fsp3) is 0.500. The molecule has 1 amide bonds. The van der Waals surface area contributed by atoms with E-state index in [0.29, 0.717) is 17.8 Å². The zero-order valence-electron chi connectivity index (χ0n) is 20.3. The molecule has 2 aromatic rings. The maximum absolute atomic E-state index is 12.4. The van der Waals surface area contributed by atoms with Crippen molar-refractivity contribution >= 4 is 29.3 Å². The number of unbranched alkanes of at least 4 members (excludes halogenated alkanes) is 1. The summed E-state index contributed by atoms with van der Waals surface area (Å²) in [6.45, 7) is 2.69. The van der Waals surface area contributed by atoms with Gasteiger partial charge in [0.2, 0.25) is 5.91 Å². The van der Waals surface area contributed by atoms with Crippen LogP contribution in [0.15, 0.2) is 48.5 Å². The van der Waals surface area contributed by atoms with Gasteiger partial charge in [-0.1, -0.05) is 49.8 Å². The number of esters is 1. The van der Waals surface area contributed by atoms with Crippen molar-refractivity contribution < 1.29 is 19.4 Å². The maximum atomic E-state index is 12.4. The van der Waals surface area contributed by atoms with Gasteiger partial charge in [0.15, 0.2) is 0 Å². The predicted molar refractivity (Wildman–Crippen MR) is 138 cm³/mol. The number of aliphatic hydroxyl groups is 1. The Labute approximate surface area is 207 Å². The number of hydrogen-bond donors (Lipinski definition) is 1. The van der Waals surface area contributed by atoms with E-state index >= 15 is 0 Å². The van der Waals surface area contributed by atoms with Crippen LogP contribution >= 0.6 is 11.3 Å². The van der Waals surface area contributed by atoms with Crippen LogP contribution in [-0.2, 0) is 16.0 Å². The summed E-state index contributed by atoms with van der Waals surface area (Å²) >= 11 is 1.38. The number of rotatable bonds is 13. The van der Waals surface area contributed by atoms with Gasteiger partial charge in [0.05, 0.1) is 13.2 Å². The molecule has 1 aromatic carbocycles. The lowest BCUT2D eigenvalue weighted by molar-refractivity contribution is -0.128. The fourth-order valence-corrected chi connectivity index (χ4v) is 5.42. The lowest BCUT2D eigenvalue weighted by atomic mass is 9.92. The standard InChI is InChI=1S/C28H37NO4S/c1-21(9-6-7-12-22-10-4-3-5-11-22)25(30)17-14-23-15-19-27(31)29(23)20-8-13-24-16-18-26(34-24)28(32)33-2/h3-5,8,10-11,13,16,18,21,23,25,30H,6-7,9,12,14-15,17,19-20H2,1-2H3/b13-8-/t21-,23-,25+/m0/s1. The summed E-state index contributed by atoms with van der Waals surface area (Å²) in [7, 11) is 1.38. The van der Waals surface area contributed by atoms with E-state index in [1.54, 1.807) is 6.07 Å². The summed E-state index contributed by atoms with van der Waals surface area (Å²) in [5.74, 6) is 0.118. The highest BCUT2D eigenvalue weighted by atomic mass is 32.1. The van der Waals surface area contributed by atoms with Crippen LogP contribution in [0.5, 0.6) is 0 Å². The van der Waals surface area contributed by atoms with E-state index in [4.69, 9.17) is 4.74 Å². The molecule has 0 unspecified atom stereocenters. The van der Waals surface area contributed by atoms with Gasteiger partial charge in [-0.15, -0.1) is 11.3 Å². The van der Waals surface area contributed by atoms with Crippen LogP contribution in [0.25, 0.3) is 6.08 Å². The number of thiophene rings is 1. The molecule has 2 heterocycles. The van der Waals surface area contributed by atoms with Crippen LogP contribution in [-0.4, -0.2) is 47.7 Å². The van der Waals surface area contributed by atoms with E-state index in [1.165, 1.54) is 24.0 Å². The quantitative estimate of drug-likeness (QED) is 0.292. The fourth-order valence-electron chi connectivity index (χ4n) is 4.56. The Kier molecular flexibility index (Phi) is 10.4. The second kappa shape index (κ2) is 13.4. The third-order valence-corrected chi connectivity index (χ3v) is 7.75. The SMILES string of the molecule is COC(=O)c1ccc(/C=C\CN2C(=O)CC[C@@H]2CC[C@@H](O)[C@@H](C)CCCCc2ccccc2)s1. The second-order valence-electron chi connectivity index (χ2n) is 9.19. The molecule has 1 aliphatic rings. The molecular weight excluding hydrogens is 446 g/mol. The molecule has 184 valence electrons. The summed E-state index contributed by atoms with van der Waals surface area (Å²) in [4.78, 5) is 27.5.